The van der Waals surface area contributed by atoms with Crippen molar-refractivity contribution in [3.05, 3.63) is 92.3 Å². The first-order valence-corrected chi connectivity index (χ1v) is 13.2. The number of rotatable bonds is 6. The SMILES string of the molecule is Cc1ccc(NC(=O)CC(=O)C[C@@H]2N=C(c3ccc(Cl)cc3)c3c(sc(C)c3C)-n3c(C)nnc32)cc1. The zero-order chi connectivity index (χ0) is 26.3. The molecule has 0 unspecified atom stereocenters. The predicted molar refractivity (Wildman–Crippen MR) is 147 cm³/mol. The van der Waals surface area contributed by atoms with Crippen molar-refractivity contribution in [3.63, 3.8) is 0 Å². The Hall–Kier alpha value is -3.62. The first kappa shape index (κ1) is 25.0. The van der Waals surface area contributed by atoms with Crippen molar-refractivity contribution in [2.24, 2.45) is 4.99 Å². The average molecular weight is 532 g/mol. The molecule has 0 bridgehead atoms. The molecule has 0 aliphatic carbocycles. The molecule has 3 heterocycles. The summed E-state index contributed by atoms with van der Waals surface area (Å²) in [4.78, 5) is 32.0. The van der Waals surface area contributed by atoms with Crippen molar-refractivity contribution < 1.29 is 9.59 Å². The molecule has 2 aromatic carbocycles. The van der Waals surface area contributed by atoms with Gasteiger partial charge in [0.25, 0.3) is 0 Å². The van der Waals surface area contributed by atoms with Gasteiger partial charge in [0.05, 0.1) is 12.1 Å². The molecule has 5 rings (SSSR count). The topological polar surface area (TPSA) is 89.2 Å². The number of hydrogen-bond acceptors (Lipinski definition) is 6. The van der Waals surface area contributed by atoms with Gasteiger partial charge in [0.15, 0.2) is 5.82 Å². The van der Waals surface area contributed by atoms with E-state index >= 15 is 0 Å². The lowest BCUT2D eigenvalue weighted by atomic mass is 9.99. The van der Waals surface area contributed by atoms with Crippen LogP contribution < -0.4 is 5.32 Å². The van der Waals surface area contributed by atoms with Crippen LogP contribution in [0.2, 0.25) is 5.02 Å². The van der Waals surface area contributed by atoms with Crippen LogP contribution in [0.1, 0.15) is 57.7 Å². The summed E-state index contributed by atoms with van der Waals surface area (Å²) in [6.45, 7) is 8.03. The number of carbonyl (C=O) groups is 2. The summed E-state index contributed by atoms with van der Waals surface area (Å²) in [5.74, 6) is 0.739. The Morgan fingerprint density at radius 2 is 1.70 bits per heavy atom. The Labute approximate surface area is 224 Å². The largest absolute Gasteiger partial charge is 0.326 e. The second kappa shape index (κ2) is 10.0. The molecule has 2 aromatic heterocycles. The number of fused-ring (bicyclic) bond motifs is 3. The summed E-state index contributed by atoms with van der Waals surface area (Å²) in [7, 11) is 0. The van der Waals surface area contributed by atoms with E-state index in [0.717, 1.165) is 38.8 Å². The minimum Gasteiger partial charge on any atom is -0.326 e. The van der Waals surface area contributed by atoms with E-state index < -0.39 is 6.04 Å². The lowest BCUT2D eigenvalue weighted by molar-refractivity contribution is -0.125. The van der Waals surface area contributed by atoms with E-state index in [1.165, 1.54) is 4.88 Å². The fourth-order valence-electron chi connectivity index (χ4n) is 4.44. The van der Waals surface area contributed by atoms with Crippen molar-refractivity contribution in [1.29, 1.82) is 0 Å². The molecule has 188 valence electrons. The summed E-state index contributed by atoms with van der Waals surface area (Å²) >= 11 is 7.82. The average Bonchev–Trinajstić information content (AvgIpc) is 3.33. The number of Topliss-reactive ketones (excluding diaryl/α,β-unsaturated/α-hetero) is 1. The Morgan fingerprint density at radius 3 is 2.41 bits per heavy atom. The number of hydrogen-bond donors (Lipinski definition) is 1. The summed E-state index contributed by atoms with van der Waals surface area (Å²) < 4.78 is 2.00. The van der Waals surface area contributed by atoms with Crippen molar-refractivity contribution in [2.75, 3.05) is 5.32 Å². The highest BCUT2D eigenvalue weighted by atomic mass is 35.5. The van der Waals surface area contributed by atoms with Gasteiger partial charge in [0, 0.05) is 33.1 Å². The van der Waals surface area contributed by atoms with Gasteiger partial charge in [-0.3, -0.25) is 19.1 Å². The lowest BCUT2D eigenvalue weighted by Gasteiger charge is -2.12. The van der Waals surface area contributed by atoms with Gasteiger partial charge in [-0.05, 0) is 57.5 Å². The molecule has 0 fully saturated rings. The smallest absolute Gasteiger partial charge is 0.231 e. The number of aromatic nitrogens is 3. The third-order valence-electron chi connectivity index (χ3n) is 6.47. The van der Waals surface area contributed by atoms with Gasteiger partial charge in [0.1, 0.15) is 22.7 Å². The third-order valence-corrected chi connectivity index (χ3v) is 7.92. The van der Waals surface area contributed by atoms with E-state index in [2.05, 4.69) is 29.4 Å². The Kier molecular flexibility index (Phi) is 6.79. The van der Waals surface area contributed by atoms with Crippen LogP contribution >= 0.6 is 22.9 Å². The third kappa shape index (κ3) is 4.99. The van der Waals surface area contributed by atoms with Crippen molar-refractivity contribution in [3.8, 4) is 5.00 Å². The highest BCUT2D eigenvalue weighted by molar-refractivity contribution is 7.15. The summed E-state index contributed by atoms with van der Waals surface area (Å²) in [6, 6.07) is 14.4. The number of thiophene rings is 1. The molecule has 1 N–H and O–H groups in total. The molecule has 0 saturated heterocycles. The van der Waals surface area contributed by atoms with Gasteiger partial charge in [-0.2, -0.15) is 0 Å². The fraction of sp³-hybridized carbons (Fsp3) is 0.250. The van der Waals surface area contributed by atoms with Gasteiger partial charge >= 0.3 is 0 Å². The Balaban J connectivity index is 1.49. The number of anilines is 1. The van der Waals surface area contributed by atoms with Gasteiger partial charge in [0.2, 0.25) is 5.91 Å². The first-order valence-electron chi connectivity index (χ1n) is 12.0. The maximum atomic E-state index is 13.1. The lowest BCUT2D eigenvalue weighted by Crippen LogP contribution is -2.19. The van der Waals surface area contributed by atoms with Crippen molar-refractivity contribution in [1.82, 2.24) is 14.8 Å². The quantitative estimate of drug-likeness (QED) is 0.305. The van der Waals surface area contributed by atoms with Crippen LogP contribution in [-0.2, 0) is 9.59 Å². The predicted octanol–water partition coefficient (Wildman–Crippen LogP) is 6.10. The van der Waals surface area contributed by atoms with E-state index in [4.69, 9.17) is 16.6 Å². The van der Waals surface area contributed by atoms with Crippen LogP contribution in [0, 0.1) is 27.7 Å². The number of amides is 1. The highest BCUT2D eigenvalue weighted by Crippen LogP contribution is 2.39. The molecule has 7 nitrogen and oxygen atoms in total. The summed E-state index contributed by atoms with van der Waals surface area (Å²) in [6.07, 6.45) is -0.216. The zero-order valence-electron chi connectivity index (χ0n) is 21.0. The zero-order valence-corrected chi connectivity index (χ0v) is 22.6. The number of aliphatic imine (C=N–C) groups is 1. The van der Waals surface area contributed by atoms with Crippen LogP contribution in [0.3, 0.4) is 0 Å². The number of nitrogens with one attached hydrogen (secondary N) is 1. The van der Waals surface area contributed by atoms with Crippen LogP contribution in [0.25, 0.3) is 5.00 Å². The monoisotopic (exact) mass is 531 g/mol. The number of ketones is 1. The van der Waals surface area contributed by atoms with Gasteiger partial charge in [-0.25, -0.2) is 0 Å². The molecule has 0 radical (unpaired) electrons. The van der Waals surface area contributed by atoms with Crippen LogP contribution in [0.4, 0.5) is 5.69 Å². The van der Waals surface area contributed by atoms with Crippen LogP contribution in [0.5, 0.6) is 0 Å². The molecule has 1 amide bonds. The first-order chi connectivity index (χ1) is 17.7. The van der Waals surface area contributed by atoms with E-state index in [1.807, 2.05) is 66.9 Å². The number of nitrogens with zero attached hydrogens (tertiary/aromatic N) is 4. The molecule has 9 heteroatoms. The van der Waals surface area contributed by atoms with E-state index in [9.17, 15) is 9.59 Å². The van der Waals surface area contributed by atoms with E-state index in [-0.39, 0.29) is 24.5 Å². The molecular weight excluding hydrogens is 506 g/mol. The van der Waals surface area contributed by atoms with E-state index in [0.29, 0.717) is 16.5 Å². The Morgan fingerprint density at radius 1 is 1.00 bits per heavy atom. The van der Waals surface area contributed by atoms with Gasteiger partial charge in [-0.1, -0.05) is 41.4 Å². The van der Waals surface area contributed by atoms with Gasteiger partial charge in [-0.15, -0.1) is 21.5 Å². The minimum absolute atomic E-state index is 0.0313. The second-order valence-corrected chi connectivity index (χ2v) is 10.9. The molecule has 1 atom stereocenters. The molecule has 4 aromatic rings. The standard InChI is InChI=1S/C28H26ClN5O2S/c1-15-5-11-21(12-6-15)30-24(36)14-22(35)13-23-27-33-32-18(4)34(27)28-25(16(2)17(3)37-28)26(31-23)19-7-9-20(29)10-8-19/h5-12,23H,13-14H2,1-4H3,(H,30,36)/t23-/m0/s1. The molecule has 37 heavy (non-hydrogen) atoms. The minimum atomic E-state index is -0.592. The highest BCUT2D eigenvalue weighted by Gasteiger charge is 2.32. The number of aryl methyl sites for hydroxylation is 3. The molecule has 1 aliphatic rings. The molecule has 1 aliphatic heterocycles. The van der Waals surface area contributed by atoms with Crippen LogP contribution in [-0.4, -0.2) is 32.2 Å². The number of halogens is 1. The second-order valence-electron chi connectivity index (χ2n) is 9.24. The summed E-state index contributed by atoms with van der Waals surface area (Å²) in [5.41, 5.74) is 5.55. The maximum absolute atomic E-state index is 13.1. The van der Waals surface area contributed by atoms with Crippen molar-refractivity contribution >= 4 is 46.0 Å². The molecule has 0 saturated carbocycles. The van der Waals surface area contributed by atoms with E-state index in [1.54, 1.807) is 11.3 Å². The summed E-state index contributed by atoms with van der Waals surface area (Å²) in [5, 5.41) is 13.1. The Bertz CT molecular complexity index is 1530. The number of carbonyl (C=O) groups excluding carboxylic acids is 2. The maximum Gasteiger partial charge on any atom is 0.231 e. The van der Waals surface area contributed by atoms with Gasteiger partial charge < -0.3 is 5.32 Å². The molecular formula is C28H26ClN5O2S. The fourth-order valence-corrected chi connectivity index (χ4v) is 5.78. The number of benzene rings is 2. The van der Waals surface area contributed by atoms with Crippen LogP contribution in [0.15, 0.2) is 53.5 Å². The normalized spacial score (nSPS) is 14.4. The van der Waals surface area contributed by atoms with Crippen molar-refractivity contribution in [2.45, 2.75) is 46.6 Å². The molecule has 0 spiro atoms.